The van der Waals surface area contributed by atoms with Gasteiger partial charge in [0.25, 0.3) is 0 Å². The number of carbonyl (C=O) groups excluding carboxylic acids is 1. The van der Waals surface area contributed by atoms with Crippen molar-refractivity contribution in [3.8, 4) is 0 Å². The summed E-state index contributed by atoms with van der Waals surface area (Å²) < 4.78 is 0. The first-order valence-electron chi connectivity index (χ1n) is 8.67. The predicted molar refractivity (Wildman–Crippen MR) is 97.1 cm³/mol. The number of hydrogen-bond donors (Lipinski definition) is 0. The molecule has 1 nitrogen and oxygen atoms in total. The van der Waals surface area contributed by atoms with Crippen LogP contribution in [0.1, 0.15) is 55.3 Å². The smallest absolute Gasteiger partial charge is 0.162 e. The topological polar surface area (TPSA) is 17.1 Å². The summed E-state index contributed by atoms with van der Waals surface area (Å²) in [4.78, 5) is 14.8. The molecule has 1 aliphatic rings. The van der Waals surface area contributed by atoms with Crippen LogP contribution >= 0.6 is 11.8 Å². The molecule has 0 aliphatic heterocycles. The second kappa shape index (κ2) is 8.35. The highest BCUT2D eigenvalue weighted by atomic mass is 32.2. The minimum atomic E-state index is 0.298. The number of carbonyl (C=O) groups is 1. The Morgan fingerprint density at radius 3 is 2.22 bits per heavy atom. The second-order valence-electron chi connectivity index (χ2n) is 6.41. The highest BCUT2D eigenvalue weighted by Gasteiger charge is 2.15. The second-order valence-corrected chi connectivity index (χ2v) is 7.55. The molecule has 3 rings (SSSR count). The molecular formula is C21H24OS. The molecule has 1 saturated carbocycles. The van der Waals surface area contributed by atoms with E-state index in [1.54, 1.807) is 11.8 Å². The van der Waals surface area contributed by atoms with Crippen LogP contribution < -0.4 is 0 Å². The van der Waals surface area contributed by atoms with E-state index in [9.17, 15) is 4.79 Å². The van der Waals surface area contributed by atoms with Crippen molar-refractivity contribution in [2.75, 3.05) is 0 Å². The standard InChI is InChI=1S/C21H24OS/c22-21(16-11-17-7-3-1-4-8-17)18-12-14-20(15-13-18)23-19-9-5-2-6-10-19/h2,5-6,9-10,12-15,17H,1,3-4,7-8,11,16H2. The van der Waals surface area contributed by atoms with Crippen LogP contribution in [0, 0.1) is 5.92 Å². The van der Waals surface area contributed by atoms with Crippen molar-refractivity contribution in [3.63, 3.8) is 0 Å². The van der Waals surface area contributed by atoms with Crippen LogP contribution in [-0.4, -0.2) is 5.78 Å². The molecule has 0 atom stereocenters. The number of ketones is 1. The Kier molecular flexibility index (Phi) is 5.93. The van der Waals surface area contributed by atoms with Crippen LogP contribution in [0.2, 0.25) is 0 Å². The summed E-state index contributed by atoms with van der Waals surface area (Å²) in [5.41, 5.74) is 0.859. The Bertz CT molecular complexity index is 612. The summed E-state index contributed by atoms with van der Waals surface area (Å²) in [6.07, 6.45) is 8.49. The maximum absolute atomic E-state index is 12.4. The van der Waals surface area contributed by atoms with Gasteiger partial charge in [-0.15, -0.1) is 0 Å². The molecule has 0 bridgehead atoms. The Balaban J connectivity index is 1.52. The molecule has 0 spiro atoms. The zero-order valence-electron chi connectivity index (χ0n) is 13.5. The molecule has 0 N–H and O–H groups in total. The maximum atomic E-state index is 12.4. The minimum absolute atomic E-state index is 0.298. The highest BCUT2D eigenvalue weighted by molar-refractivity contribution is 7.99. The van der Waals surface area contributed by atoms with E-state index in [-0.39, 0.29) is 0 Å². The lowest BCUT2D eigenvalue weighted by Crippen LogP contribution is -2.09. The fraction of sp³-hybridized carbons (Fsp3) is 0.381. The summed E-state index contributed by atoms with van der Waals surface area (Å²) in [7, 11) is 0. The molecule has 2 aromatic carbocycles. The Morgan fingerprint density at radius 2 is 1.52 bits per heavy atom. The Labute approximate surface area is 143 Å². The van der Waals surface area contributed by atoms with E-state index in [1.807, 2.05) is 30.3 Å². The summed E-state index contributed by atoms with van der Waals surface area (Å²) in [6.45, 7) is 0. The SMILES string of the molecule is O=C(CCC1CCCCC1)c1ccc(Sc2ccccc2)cc1. The molecule has 0 saturated heterocycles. The van der Waals surface area contributed by atoms with E-state index >= 15 is 0 Å². The fourth-order valence-corrected chi connectivity index (χ4v) is 4.13. The van der Waals surface area contributed by atoms with Crippen LogP contribution in [-0.2, 0) is 0 Å². The van der Waals surface area contributed by atoms with Crippen LogP contribution in [0.5, 0.6) is 0 Å². The molecule has 23 heavy (non-hydrogen) atoms. The first kappa shape index (κ1) is 16.3. The number of hydrogen-bond acceptors (Lipinski definition) is 2. The highest BCUT2D eigenvalue weighted by Crippen LogP contribution is 2.29. The van der Waals surface area contributed by atoms with Gasteiger partial charge in [-0.1, -0.05) is 74.2 Å². The Morgan fingerprint density at radius 1 is 0.870 bits per heavy atom. The molecule has 0 heterocycles. The summed E-state index contributed by atoms with van der Waals surface area (Å²) >= 11 is 1.73. The van der Waals surface area contributed by atoms with Gasteiger partial charge in [0.1, 0.15) is 0 Å². The lowest BCUT2D eigenvalue weighted by molar-refractivity contribution is 0.0970. The van der Waals surface area contributed by atoms with Gasteiger partial charge in [-0.05, 0) is 36.6 Å². The average Bonchev–Trinajstić information content (AvgIpc) is 2.62. The van der Waals surface area contributed by atoms with Gasteiger partial charge in [0.05, 0.1) is 0 Å². The molecular weight excluding hydrogens is 300 g/mol. The maximum Gasteiger partial charge on any atom is 0.162 e. The van der Waals surface area contributed by atoms with Gasteiger partial charge in [0.15, 0.2) is 5.78 Å². The first-order valence-corrected chi connectivity index (χ1v) is 9.49. The van der Waals surface area contributed by atoms with Gasteiger partial charge >= 0.3 is 0 Å². The number of benzene rings is 2. The van der Waals surface area contributed by atoms with Crippen molar-refractivity contribution in [2.45, 2.75) is 54.7 Å². The van der Waals surface area contributed by atoms with Crippen molar-refractivity contribution in [3.05, 3.63) is 60.2 Å². The van der Waals surface area contributed by atoms with Crippen molar-refractivity contribution in [1.29, 1.82) is 0 Å². The van der Waals surface area contributed by atoms with Crippen LogP contribution in [0.4, 0.5) is 0 Å². The van der Waals surface area contributed by atoms with E-state index in [4.69, 9.17) is 0 Å². The van der Waals surface area contributed by atoms with Crippen LogP contribution in [0.25, 0.3) is 0 Å². The van der Waals surface area contributed by atoms with Gasteiger partial charge in [-0.25, -0.2) is 0 Å². The zero-order valence-corrected chi connectivity index (χ0v) is 14.4. The molecule has 0 aromatic heterocycles. The van der Waals surface area contributed by atoms with Crippen LogP contribution in [0.3, 0.4) is 0 Å². The predicted octanol–water partition coefficient (Wildman–Crippen LogP) is 6.38. The lowest BCUT2D eigenvalue weighted by atomic mass is 9.85. The Hall–Kier alpha value is -1.54. The third-order valence-electron chi connectivity index (χ3n) is 4.66. The zero-order chi connectivity index (χ0) is 15.9. The third-order valence-corrected chi connectivity index (χ3v) is 5.68. The third kappa shape index (κ3) is 4.97. The quantitative estimate of drug-likeness (QED) is 0.573. The molecule has 2 aromatic rings. The van der Waals surface area contributed by atoms with Crippen molar-refractivity contribution >= 4 is 17.5 Å². The van der Waals surface area contributed by atoms with E-state index in [0.717, 1.165) is 17.9 Å². The number of rotatable bonds is 6. The van der Waals surface area contributed by atoms with E-state index in [1.165, 1.54) is 41.9 Å². The molecule has 1 aliphatic carbocycles. The van der Waals surface area contributed by atoms with Crippen molar-refractivity contribution < 1.29 is 4.79 Å². The first-order chi connectivity index (χ1) is 11.3. The van der Waals surface area contributed by atoms with Gasteiger partial charge < -0.3 is 0 Å². The van der Waals surface area contributed by atoms with E-state index < -0.39 is 0 Å². The lowest BCUT2D eigenvalue weighted by Gasteiger charge is -2.20. The molecule has 120 valence electrons. The van der Waals surface area contributed by atoms with Gasteiger partial charge in [0, 0.05) is 21.8 Å². The molecule has 0 radical (unpaired) electrons. The van der Waals surface area contributed by atoms with E-state index in [0.29, 0.717) is 12.2 Å². The molecule has 1 fully saturated rings. The van der Waals surface area contributed by atoms with Crippen molar-refractivity contribution in [1.82, 2.24) is 0 Å². The fourth-order valence-electron chi connectivity index (χ4n) is 3.29. The largest absolute Gasteiger partial charge is 0.294 e. The van der Waals surface area contributed by atoms with Gasteiger partial charge in [0.2, 0.25) is 0 Å². The van der Waals surface area contributed by atoms with Gasteiger partial charge in [-0.3, -0.25) is 4.79 Å². The monoisotopic (exact) mass is 324 g/mol. The summed E-state index contributed by atoms with van der Waals surface area (Å²) in [6, 6.07) is 18.4. The normalized spacial score (nSPS) is 15.5. The van der Waals surface area contributed by atoms with Gasteiger partial charge in [-0.2, -0.15) is 0 Å². The van der Waals surface area contributed by atoms with Crippen LogP contribution in [0.15, 0.2) is 64.4 Å². The average molecular weight is 324 g/mol. The minimum Gasteiger partial charge on any atom is -0.294 e. The van der Waals surface area contributed by atoms with E-state index in [2.05, 4.69) is 24.3 Å². The summed E-state index contributed by atoms with van der Waals surface area (Å²) in [5.74, 6) is 1.08. The molecule has 0 amide bonds. The molecule has 2 heteroatoms. The van der Waals surface area contributed by atoms with Crippen molar-refractivity contribution in [2.24, 2.45) is 5.92 Å². The number of Topliss-reactive ketones (excluding diaryl/α,β-unsaturated/α-hetero) is 1. The summed E-state index contributed by atoms with van der Waals surface area (Å²) in [5, 5.41) is 0. The molecule has 0 unspecified atom stereocenters.